The van der Waals surface area contributed by atoms with Gasteiger partial charge in [0.05, 0.1) is 13.2 Å². The standard InChI is InChI=1S/C8H9NO4/c10-2-5-1-9-7(4-12)8(13)6(5)3-11/h1,4,10-11,13H,2-3H2. The molecule has 1 rings (SSSR count). The smallest absolute Gasteiger partial charge is 0.172 e. The van der Waals surface area contributed by atoms with Crippen molar-refractivity contribution in [2.24, 2.45) is 0 Å². The summed E-state index contributed by atoms with van der Waals surface area (Å²) in [5, 5.41) is 27.0. The van der Waals surface area contributed by atoms with E-state index >= 15 is 0 Å². The van der Waals surface area contributed by atoms with Crippen molar-refractivity contribution in [2.75, 3.05) is 0 Å². The number of hydrogen-bond acceptors (Lipinski definition) is 5. The molecule has 0 bridgehead atoms. The molecule has 5 heteroatoms. The molecule has 5 nitrogen and oxygen atoms in total. The van der Waals surface area contributed by atoms with Crippen LogP contribution in [0.5, 0.6) is 5.75 Å². The number of hydrogen-bond donors (Lipinski definition) is 3. The molecule has 0 radical (unpaired) electrons. The topological polar surface area (TPSA) is 90.7 Å². The van der Waals surface area contributed by atoms with Gasteiger partial charge in [0.15, 0.2) is 6.29 Å². The number of aldehydes is 1. The van der Waals surface area contributed by atoms with E-state index in [4.69, 9.17) is 10.2 Å². The average molecular weight is 183 g/mol. The van der Waals surface area contributed by atoms with Crippen LogP contribution in [-0.2, 0) is 13.2 Å². The SMILES string of the molecule is O=Cc1ncc(CO)c(CO)c1O. The number of aliphatic hydroxyl groups is 2. The maximum absolute atomic E-state index is 10.3. The van der Waals surface area contributed by atoms with Gasteiger partial charge in [0.25, 0.3) is 0 Å². The number of nitrogens with zero attached hydrogens (tertiary/aromatic N) is 1. The Morgan fingerprint density at radius 1 is 1.38 bits per heavy atom. The average Bonchev–Trinajstić information content (AvgIpc) is 2.17. The molecule has 1 aromatic heterocycles. The fourth-order valence-corrected chi connectivity index (χ4v) is 0.992. The van der Waals surface area contributed by atoms with Crippen molar-refractivity contribution in [3.05, 3.63) is 23.0 Å². The predicted molar refractivity (Wildman–Crippen MR) is 43.1 cm³/mol. The molecule has 0 unspecified atom stereocenters. The Balaban J connectivity index is 3.31. The molecule has 0 aromatic carbocycles. The van der Waals surface area contributed by atoms with Crippen molar-refractivity contribution >= 4 is 6.29 Å². The number of rotatable bonds is 3. The molecule has 0 aliphatic rings. The molecule has 3 N–H and O–H groups in total. The van der Waals surface area contributed by atoms with Gasteiger partial charge in [0, 0.05) is 17.3 Å². The van der Waals surface area contributed by atoms with Crippen LogP contribution in [-0.4, -0.2) is 26.6 Å². The van der Waals surface area contributed by atoms with Crippen molar-refractivity contribution in [3.8, 4) is 5.75 Å². The summed E-state index contributed by atoms with van der Waals surface area (Å²) < 4.78 is 0. The summed E-state index contributed by atoms with van der Waals surface area (Å²) in [6.07, 6.45) is 1.63. The van der Waals surface area contributed by atoms with Crippen LogP contribution >= 0.6 is 0 Å². The molecular formula is C8H9NO4. The number of carbonyl (C=O) groups excluding carboxylic acids is 1. The van der Waals surface area contributed by atoms with Gasteiger partial charge in [-0.15, -0.1) is 0 Å². The number of pyridine rings is 1. The van der Waals surface area contributed by atoms with Gasteiger partial charge in [-0.05, 0) is 0 Å². The quantitative estimate of drug-likeness (QED) is 0.554. The zero-order chi connectivity index (χ0) is 9.84. The van der Waals surface area contributed by atoms with Crippen molar-refractivity contribution in [3.63, 3.8) is 0 Å². The number of aliphatic hydroxyl groups excluding tert-OH is 2. The molecule has 0 saturated carbocycles. The van der Waals surface area contributed by atoms with Crippen LogP contribution in [0.15, 0.2) is 6.20 Å². The Hall–Kier alpha value is -1.46. The molecule has 0 aliphatic heterocycles. The molecule has 0 fully saturated rings. The summed E-state index contributed by atoms with van der Waals surface area (Å²) in [6, 6.07) is 0. The number of aromatic hydroxyl groups is 1. The van der Waals surface area contributed by atoms with Gasteiger partial charge in [0.1, 0.15) is 11.4 Å². The zero-order valence-electron chi connectivity index (χ0n) is 6.77. The Labute approximate surface area is 74.3 Å². The lowest BCUT2D eigenvalue weighted by Crippen LogP contribution is -2.00. The van der Waals surface area contributed by atoms with Crippen molar-refractivity contribution in [2.45, 2.75) is 13.2 Å². The Kier molecular flexibility index (Phi) is 2.94. The lowest BCUT2D eigenvalue weighted by Gasteiger charge is -2.07. The third-order valence-corrected chi connectivity index (χ3v) is 1.72. The van der Waals surface area contributed by atoms with E-state index in [1.165, 1.54) is 6.20 Å². The second-order valence-corrected chi connectivity index (χ2v) is 2.43. The van der Waals surface area contributed by atoms with Crippen molar-refractivity contribution < 1.29 is 20.1 Å². The minimum Gasteiger partial charge on any atom is -0.505 e. The van der Waals surface area contributed by atoms with Gasteiger partial charge in [0.2, 0.25) is 0 Å². The molecule has 0 spiro atoms. The van der Waals surface area contributed by atoms with Crippen LogP contribution in [0.3, 0.4) is 0 Å². The summed E-state index contributed by atoms with van der Waals surface area (Å²) in [4.78, 5) is 13.9. The summed E-state index contributed by atoms with van der Waals surface area (Å²) in [6.45, 7) is -0.777. The maximum atomic E-state index is 10.3. The highest BCUT2D eigenvalue weighted by Crippen LogP contribution is 2.22. The second kappa shape index (κ2) is 3.97. The first-order valence-electron chi connectivity index (χ1n) is 3.61. The lowest BCUT2D eigenvalue weighted by molar-refractivity contribution is 0.111. The van der Waals surface area contributed by atoms with E-state index in [1.807, 2.05) is 0 Å². The van der Waals surface area contributed by atoms with Crippen LogP contribution in [0.25, 0.3) is 0 Å². The van der Waals surface area contributed by atoms with Crippen LogP contribution in [0, 0.1) is 0 Å². The van der Waals surface area contributed by atoms with E-state index in [9.17, 15) is 9.90 Å². The first-order valence-corrected chi connectivity index (χ1v) is 3.61. The van der Waals surface area contributed by atoms with E-state index in [0.29, 0.717) is 11.8 Å². The normalized spacial score (nSPS) is 10.0. The Morgan fingerprint density at radius 3 is 2.54 bits per heavy atom. The van der Waals surface area contributed by atoms with E-state index in [-0.39, 0.29) is 23.6 Å². The third-order valence-electron chi connectivity index (χ3n) is 1.72. The van der Waals surface area contributed by atoms with Gasteiger partial charge in [-0.3, -0.25) is 4.79 Å². The molecule has 1 aromatic rings. The minimum absolute atomic E-state index is 0.138. The molecule has 0 aliphatic carbocycles. The van der Waals surface area contributed by atoms with Crippen LogP contribution in [0.1, 0.15) is 21.6 Å². The minimum atomic E-state index is -0.439. The van der Waals surface area contributed by atoms with Crippen molar-refractivity contribution in [1.82, 2.24) is 4.98 Å². The number of carbonyl (C=O) groups is 1. The van der Waals surface area contributed by atoms with Crippen LogP contribution < -0.4 is 0 Å². The third kappa shape index (κ3) is 1.66. The Bertz CT molecular complexity index is 324. The molecule has 0 saturated heterocycles. The maximum Gasteiger partial charge on any atom is 0.172 e. The summed E-state index contributed by atoms with van der Waals surface area (Å²) in [5.74, 6) is -0.371. The summed E-state index contributed by atoms with van der Waals surface area (Å²) in [7, 11) is 0. The fourth-order valence-electron chi connectivity index (χ4n) is 0.992. The van der Waals surface area contributed by atoms with E-state index in [2.05, 4.69) is 4.98 Å². The largest absolute Gasteiger partial charge is 0.505 e. The first kappa shape index (κ1) is 9.63. The molecule has 0 atom stereocenters. The predicted octanol–water partition coefficient (Wildman–Crippen LogP) is -0.416. The zero-order valence-corrected chi connectivity index (χ0v) is 6.77. The van der Waals surface area contributed by atoms with Gasteiger partial charge in [-0.1, -0.05) is 0 Å². The molecule has 70 valence electrons. The van der Waals surface area contributed by atoms with E-state index in [0.717, 1.165) is 0 Å². The van der Waals surface area contributed by atoms with Gasteiger partial charge < -0.3 is 15.3 Å². The molecule has 1 heterocycles. The molecule has 0 amide bonds. The summed E-state index contributed by atoms with van der Waals surface area (Å²) >= 11 is 0. The molecule has 13 heavy (non-hydrogen) atoms. The molecular weight excluding hydrogens is 174 g/mol. The first-order chi connectivity index (χ1) is 6.24. The highest BCUT2D eigenvalue weighted by atomic mass is 16.3. The highest BCUT2D eigenvalue weighted by Gasteiger charge is 2.11. The van der Waals surface area contributed by atoms with Gasteiger partial charge in [-0.25, -0.2) is 4.98 Å². The van der Waals surface area contributed by atoms with Crippen LogP contribution in [0.2, 0.25) is 0 Å². The van der Waals surface area contributed by atoms with Crippen molar-refractivity contribution in [1.29, 1.82) is 0 Å². The van der Waals surface area contributed by atoms with Crippen LogP contribution in [0.4, 0.5) is 0 Å². The summed E-state index contributed by atoms with van der Waals surface area (Å²) in [5.41, 5.74) is 0.312. The second-order valence-electron chi connectivity index (χ2n) is 2.43. The van der Waals surface area contributed by atoms with Gasteiger partial charge in [-0.2, -0.15) is 0 Å². The number of aromatic nitrogens is 1. The Morgan fingerprint density at radius 2 is 2.08 bits per heavy atom. The highest BCUT2D eigenvalue weighted by molar-refractivity contribution is 5.77. The van der Waals surface area contributed by atoms with E-state index in [1.54, 1.807) is 0 Å². The fraction of sp³-hybridized carbons (Fsp3) is 0.250. The van der Waals surface area contributed by atoms with E-state index < -0.39 is 6.61 Å². The monoisotopic (exact) mass is 183 g/mol. The van der Waals surface area contributed by atoms with Gasteiger partial charge >= 0.3 is 0 Å². The lowest BCUT2D eigenvalue weighted by atomic mass is 10.1.